The molecule has 0 aliphatic carbocycles. The van der Waals surface area contributed by atoms with E-state index in [0.29, 0.717) is 25.0 Å². The molecule has 1 heterocycles. The lowest BCUT2D eigenvalue weighted by atomic mass is 9.96. The van der Waals surface area contributed by atoms with Crippen molar-refractivity contribution in [2.75, 3.05) is 25.1 Å². The second kappa shape index (κ2) is 9.57. The van der Waals surface area contributed by atoms with E-state index in [9.17, 15) is 23.1 Å². The Hall–Kier alpha value is -1.58. The molecule has 1 fully saturated rings. The summed E-state index contributed by atoms with van der Waals surface area (Å²) in [6.07, 6.45) is 3.01. The number of amides is 1. The van der Waals surface area contributed by atoms with Crippen molar-refractivity contribution in [3.63, 3.8) is 0 Å². The summed E-state index contributed by atoms with van der Waals surface area (Å²) in [4.78, 5) is 23.9. The molecule has 150 valence electrons. The summed E-state index contributed by atoms with van der Waals surface area (Å²) in [5.41, 5.74) is 0.985. The Balaban J connectivity index is 1.94. The zero-order chi connectivity index (χ0) is 20.0. The first kappa shape index (κ1) is 21.7. The van der Waals surface area contributed by atoms with Gasteiger partial charge in [-0.05, 0) is 50.3 Å². The third-order valence-electron chi connectivity index (χ3n) is 4.71. The maximum Gasteiger partial charge on any atom is 0.326 e. The van der Waals surface area contributed by atoms with E-state index in [1.165, 1.54) is 16.1 Å². The topological polar surface area (TPSA) is 104 Å². The average Bonchev–Trinajstić information content (AvgIpc) is 2.65. The van der Waals surface area contributed by atoms with Gasteiger partial charge in [0, 0.05) is 19.0 Å². The van der Waals surface area contributed by atoms with Crippen molar-refractivity contribution in [2.24, 2.45) is 5.92 Å². The molecule has 27 heavy (non-hydrogen) atoms. The molecule has 1 aliphatic heterocycles. The molecular formula is C18H26N2O5S2. The fraction of sp³-hybridized carbons (Fsp3) is 0.556. The first-order chi connectivity index (χ1) is 12.8. The first-order valence-electron chi connectivity index (χ1n) is 8.84. The number of nitrogens with zero attached hydrogens (tertiary/aromatic N) is 1. The molecule has 0 aromatic heterocycles. The monoisotopic (exact) mass is 414 g/mol. The number of thioether (sulfide) groups is 1. The summed E-state index contributed by atoms with van der Waals surface area (Å²) in [6.45, 7) is 2.39. The van der Waals surface area contributed by atoms with E-state index in [4.69, 9.17) is 0 Å². The number of rotatable bonds is 8. The van der Waals surface area contributed by atoms with E-state index in [1.54, 1.807) is 24.3 Å². The highest BCUT2D eigenvalue weighted by atomic mass is 32.2. The summed E-state index contributed by atoms with van der Waals surface area (Å²) in [7, 11) is -3.57. The van der Waals surface area contributed by atoms with Crippen LogP contribution in [0.25, 0.3) is 0 Å². The number of nitrogens with one attached hydrogen (secondary N) is 1. The Morgan fingerprint density at radius 1 is 1.26 bits per heavy atom. The number of aliphatic carboxylic acids is 1. The molecule has 1 atom stereocenters. The minimum Gasteiger partial charge on any atom is -0.480 e. The van der Waals surface area contributed by atoms with Gasteiger partial charge in [-0.2, -0.15) is 16.1 Å². The summed E-state index contributed by atoms with van der Waals surface area (Å²) in [6, 6.07) is 5.79. The highest BCUT2D eigenvalue weighted by molar-refractivity contribution is 7.98. The van der Waals surface area contributed by atoms with Gasteiger partial charge in [0.15, 0.2) is 0 Å². The number of hydrogen-bond donors (Lipinski definition) is 2. The quantitative estimate of drug-likeness (QED) is 0.671. The Kier molecular flexibility index (Phi) is 7.69. The van der Waals surface area contributed by atoms with Crippen LogP contribution < -0.4 is 5.32 Å². The van der Waals surface area contributed by atoms with Crippen molar-refractivity contribution in [3.05, 3.63) is 29.8 Å². The first-order valence-corrected chi connectivity index (χ1v) is 11.7. The van der Waals surface area contributed by atoms with Gasteiger partial charge in [-0.1, -0.05) is 17.7 Å². The minimum absolute atomic E-state index is 0.247. The number of carbonyl (C=O) groups excluding carboxylic acids is 1. The minimum atomic E-state index is -3.57. The van der Waals surface area contributed by atoms with E-state index in [0.717, 1.165) is 5.56 Å². The lowest BCUT2D eigenvalue weighted by molar-refractivity contribution is -0.142. The average molecular weight is 415 g/mol. The van der Waals surface area contributed by atoms with Crippen LogP contribution >= 0.6 is 11.8 Å². The molecule has 1 unspecified atom stereocenters. The highest BCUT2D eigenvalue weighted by Crippen LogP contribution is 2.24. The third kappa shape index (κ3) is 5.70. The predicted octanol–water partition coefficient (Wildman–Crippen LogP) is 1.72. The van der Waals surface area contributed by atoms with E-state index in [2.05, 4.69) is 5.32 Å². The number of hydrogen-bond acceptors (Lipinski definition) is 5. The van der Waals surface area contributed by atoms with Crippen molar-refractivity contribution in [3.8, 4) is 0 Å². The van der Waals surface area contributed by atoms with Crippen molar-refractivity contribution in [2.45, 2.75) is 37.1 Å². The number of sulfonamides is 1. The number of aryl methyl sites for hydroxylation is 1. The molecular weight excluding hydrogens is 388 g/mol. The molecule has 0 spiro atoms. The van der Waals surface area contributed by atoms with Crippen LogP contribution in [0, 0.1) is 12.8 Å². The van der Waals surface area contributed by atoms with Crippen molar-refractivity contribution in [1.29, 1.82) is 0 Å². The maximum absolute atomic E-state index is 12.7. The van der Waals surface area contributed by atoms with Crippen LogP contribution in [-0.2, 0) is 19.6 Å². The maximum atomic E-state index is 12.7. The summed E-state index contributed by atoms with van der Waals surface area (Å²) < 4.78 is 26.8. The molecule has 2 rings (SSSR count). The Labute approximate surface area is 164 Å². The molecule has 1 saturated heterocycles. The largest absolute Gasteiger partial charge is 0.480 e. The van der Waals surface area contributed by atoms with Gasteiger partial charge in [-0.25, -0.2) is 13.2 Å². The molecule has 1 amide bonds. The van der Waals surface area contributed by atoms with Gasteiger partial charge >= 0.3 is 5.97 Å². The molecule has 0 radical (unpaired) electrons. The zero-order valence-electron chi connectivity index (χ0n) is 15.6. The van der Waals surface area contributed by atoms with Gasteiger partial charge in [0.05, 0.1) is 4.90 Å². The van der Waals surface area contributed by atoms with Crippen LogP contribution in [0.5, 0.6) is 0 Å². The lowest BCUT2D eigenvalue weighted by Gasteiger charge is -2.31. The molecule has 7 nitrogen and oxygen atoms in total. The van der Waals surface area contributed by atoms with Crippen LogP contribution in [-0.4, -0.2) is 60.8 Å². The fourth-order valence-electron chi connectivity index (χ4n) is 3.00. The van der Waals surface area contributed by atoms with E-state index < -0.39 is 22.0 Å². The molecule has 1 aromatic rings. The number of piperidine rings is 1. The Bertz CT molecular complexity index is 756. The van der Waals surface area contributed by atoms with Gasteiger partial charge in [0.25, 0.3) is 0 Å². The second-order valence-electron chi connectivity index (χ2n) is 6.67. The lowest BCUT2D eigenvalue weighted by Crippen LogP contribution is -2.47. The molecule has 0 bridgehead atoms. The van der Waals surface area contributed by atoms with Crippen molar-refractivity contribution < 1.29 is 23.1 Å². The predicted molar refractivity (Wildman–Crippen MR) is 105 cm³/mol. The molecule has 1 aliphatic rings. The molecule has 2 N–H and O–H groups in total. The van der Waals surface area contributed by atoms with Crippen LogP contribution in [0.4, 0.5) is 0 Å². The van der Waals surface area contributed by atoms with Gasteiger partial charge < -0.3 is 10.4 Å². The Morgan fingerprint density at radius 2 is 1.85 bits per heavy atom. The van der Waals surface area contributed by atoms with E-state index >= 15 is 0 Å². The van der Waals surface area contributed by atoms with Crippen LogP contribution in [0.2, 0.25) is 0 Å². The summed E-state index contributed by atoms with van der Waals surface area (Å²) >= 11 is 1.52. The molecule has 9 heteroatoms. The van der Waals surface area contributed by atoms with Crippen LogP contribution in [0.15, 0.2) is 29.2 Å². The summed E-state index contributed by atoms with van der Waals surface area (Å²) in [5.74, 6) is -1.08. The number of carboxylic acid groups (broad SMARTS) is 1. The number of carboxylic acids is 1. The summed E-state index contributed by atoms with van der Waals surface area (Å²) in [5, 5.41) is 11.8. The normalized spacial score (nSPS) is 17.4. The van der Waals surface area contributed by atoms with Crippen LogP contribution in [0.1, 0.15) is 24.8 Å². The fourth-order valence-corrected chi connectivity index (χ4v) is 4.94. The highest BCUT2D eigenvalue weighted by Gasteiger charge is 2.33. The van der Waals surface area contributed by atoms with Crippen molar-refractivity contribution >= 4 is 33.7 Å². The van der Waals surface area contributed by atoms with E-state index in [1.807, 2.05) is 13.2 Å². The van der Waals surface area contributed by atoms with Gasteiger partial charge in [0.2, 0.25) is 15.9 Å². The standard InChI is InChI=1S/C18H26N2O5S2/c1-13-3-5-15(6-4-13)27(24,25)20-10-7-14(8-11-20)17(21)19-16(18(22)23)9-12-26-2/h3-6,14,16H,7-12H2,1-2H3,(H,19,21)(H,22,23). The zero-order valence-corrected chi connectivity index (χ0v) is 17.2. The SMILES string of the molecule is CSCCC(NC(=O)C1CCN(S(=O)(=O)c2ccc(C)cc2)CC1)C(=O)O. The number of carbonyl (C=O) groups is 2. The Morgan fingerprint density at radius 3 is 2.37 bits per heavy atom. The van der Waals surface area contributed by atoms with Gasteiger partial charge in [0.1, 0.15) is 6.04 Å². The van der Waals surface area contributed by atoms with Crippen molar-refractivity contribution in [1.82, 2.24) is 9.62 Å². The third-order valence-corrected chi connectivity index (χ3v) is 7.27. The van der Waals surface area contributed by atoms with E-state index in [-0.39, 0.29) is 29.8 Å². The van der Waals surface area contributed by atoms with Gasteiger partial charge in [-0.3, -0.25) is 4.79 Å². The molecule has 1 aromatic carbocycles. The van der Waals surface area contributed by atoms with Gasteiger partial charge in [-0.15, -0.1) is 0 Å². The second-order valence-corrected chi connectivity index (χ2v) is 9.60. The smallest absolute Gasteiger partial charge is 0.326 e. The number of benzene rings is 1. The van der Waals surface area contributed by atoms with Crippen LogP contribution in [0.3, 0.4) is 0 Å². The molecule has 0 saturated carbocycles.